The van der Waals surface area contributed by atoms with Gasteiger partial charge in [0.15, 0.2) is 17.2 Å². The molecule has 148 valence electrons. The summed E-state index contributed by atoms with van der Waals surface area (Å²) in [6.07, 6.45) is 3.17. The predicted octanol–water partition coefficient (Wildman–Crippen LogP) is 3.86. The Balaban J connectivity index is 1.71. The van der Waals surface area contributed by atoms with Crippen molar-refractivity contribution in [3.8, 4) is 5.75 Å². The van der Waals surface area contributed by atoms with Gasteiger partial charge in [0.25, 0.3) is 0 Å². The van der Waals surface area contributed by atoms with Gasteiger partial charge in [-0.15, -0.1) is 5.10 Å². The fourth-order valence-electron chi connectivity index (χ4n) is 3.10. The summed E-state index contributed by atoms with van der Waals surface area (Å²) < 4.78 is 21.7. The van der Waals surface area contributed by atoms with Crippen LogP contribution in [-0.4, -0.2) is 26.3 Å². The first-order valence-corrected chi connectivity index (χ1v) is 9.79. The van der Waals surface area contributed by atoms with E-state index in [9.17, 15) is 9.18 Å². The summed E-state index contributed by atoms with van der Waals surface area (Å²) in [7, 11) is 1.41. The number of fused-ring (bicyclic) bond motifs is 1. The highest BCUT2D eigenvalue weighted by Gasteiger charge is 2.14. The highest BCUT2D eigenvalue weighted by Crippen LogP contribution is 2.31. The summed E-state index contributed by atoms with van der Waals surface area (Å²) in [6.45, 7) is 4.23. The summed E-state index contributed by atoms with van der Waals surface area (Å²) in [4.78, 5) is 18.2. The van der Waals surface area contributed by atoms with Gasteiger partial charge in [-0.3, -0.25) is 0 Å². The molecule has 0 unspecified atom stereocenters. The third-order valence-electron chi connectivity index (χ3n) is 4.55. The third-order valence-corrected chi connectivity index (χ3v) is 5.71. The molecular weight excluding hydrogens is 391 g/mol. The van der Waals surface area contributed by atoms with Crippen molar-refractivity contribution < 1.29 is 9.13 Å². The number of rotatable bonds is 5. The predicted molar refractivity (Wildman–Crippen MR) is 109 cm³/mol. The van der Waals surface area contributed by atoms with Gasteiger partial charge in [0.05, 0.1) is 13.7 Å². The van der Waals surface area contributed by atoms with Crippen LogP contribution in [0.3, 0.4) is 0 Å². The smallest absolute Gasteiger partial charge is 0.350 e. The molecule has 0 saturated carbocycles. The molecule has 8 heteroatoms. The molecular formula is C21H19FN4O2S. The van der Waals surface area contributed by atoms with Crippen molar-refractivity contribution in [1.29, 1.82) is 0 Å². The number of halogens is 1. The molecule has 0 aliphatic heterocycles. The minimum atomic E-state index is -0.477. The van der Waals surface area contributed by atoms with E-state index in [4.69, 9.17) is 4.74 Å². The number of hydrogen-bond donors (Lipinski definition) is 0. The van der Waals surface area contributed by atoms with Gasteiger partial charge in [-0.2, -0.15) is 0 Å². The normalized spacial score (nSPS) is 11.2. The maximum atomic E-state index is 14.0. The average molecular weight is 410 g/mol. The van der Waals surface area contributed by atoms with Crippen molar-refractivity contribution in [1.82, 2.24) is 19.2 Å². The largest absolute Gasteiger partial charge is 0.494 e. The van der Waals surface area contributed by atoms with Crippen LogP contribution in [0.1, 0.15) is 16.7 Å². The molecule has 0 fully saturated rings. The molecule has 0 bridgehead atoms. The Bertz CT molecular complexity index is 1270. The van der Waals surface area contributed by atoms with Gasteiger partial charge in [0.1, 0.15) is 5.03 Å². The Morgan fingerprint density at radius 2 is 2.00 bits per heavy atom. The third kappa shape index (κ3) is 3.75. The zero-order chi connectivity index (χ0) is 20.5. The Morgan fingerprint density at radius 1 is 1.17 bits per heavy atom. The van der Waals surface area contributed by atoms with E-state index in [0.29, 0.717) is 16.2 Å². The molecule has 2 aromatic carbocycles. The number of ether oxygens (including phenoxy) is 1. The maximum absolute atomic E-state index is 14.0. The van der Waals surface area contributed by atoms with E-state index >= 15 is 0 Å². The summed E-state index contributed by atoms with van der Waals surface area (Å²) in [5.74, 6) is -0.318. The zero-order valence-electron chi connectivity index (χ0n) is 16.2. The minimum Gasteiger partial charge on any atom is -0.494 e. The van der Waals surface area contributed by atoms with Crippen LogP contribution < -0.4 is 10.4 Å². The standard InChI is InChI=1S/C21H19FN4O2S/c1-13-4-7-18(14(2)10-13)29-20-19-24-26(21(27)25(19)9-8-23-20)12-15-5-6-17(28-3)16(22)11-15/h4-11H,12H2,1-3H3. The lowest BCUT2D eigenvalue weighted by Gasteiger charge is -2.06. The molecule has 0 atom stereocenters. The van der Waals surface area contributed by atoms with E-state index in [2.05, 4.69) is 16.1 Å². The van der Waals surface area contributed by atoms with Crippen molar-refractivity contribution in [3.63, 3.8) is 0 Å². The Labute approximate surface area is 171 Å². The van der Waals surface area contributed by atoms with Crippen molar-refractivity contribution >= 4 is 17.4 Å². The topological polar surface area (TPSA) is 61.4 Å². The van der Waals surface area contributed by atoms with Gasteiger partial charge in [-0.05, 0) is 43.2 Å². The van der Waals surface area contributed by atoms with Gasteiger partial charge < -0.3 is 4.74 Å². The Hall–Kier alpha value is -3.13. The Kier molecular flexibility index (Phi) is 5.10. The fraction of sp³-hybridized carbons (Fsp3) is 0.190. The molecule has 2 heterocycles. The van der Waals surface area contributed by atoms with E-state index < -0.39 is 5.82 Å². The first kappa shape index (κ1) is 19.2. The molecule has 2 aromatic heterocycles. The van der Waals surface area contributed by atoms with Crippen LogP contribution in [0.25, 0.3) is 5.65 Å². The molecule has 0 spiro atoms. The van der Waals surface area contributed by atoms with Crippen LogP contribution in [0.2, 0.25) is 0 Å². The first-order valence-electron chi connectivity index (χ1n) is 8.98. The molecule has 0 radical (unpaired) electrons. The van der Waals surface area contributed by atoms with E-state index in [1.54, 1.807) is 18.5 Å². The number of nitrogens with zero attached hydrogens (tertiary/aromatic N) is 4. The summed E-state index contributed by atoms with van der Waals surface area (Å²) in [5, 5.41) is 5.09. The number of hydrogen-bond acceptors (Lipinski definition) is 5. The van der Waals surface area contributed by atoms with E-state index in [1.165, 1.54) is 45.7 Å². The first-order chi connectivity index (χ1) is 14.0. The van der Waals surface area contributed by atoms with Crippen LogP contribution in [0.15, 0.2) is 63.5 Å². The lowest BCUT2D eigenvalue weighted by molar-refractivity contribution is 0.386. The highest BCUT2D eigenvalue weighted by molar-refractivity contribution is 7.99. The van der Waals surface area contributed by atoms with Crippen LogP contribution in [-0.2, 0) is 6.54 Å². The molecule has 4 rings (SSSR count). The van der Waals surface area contributed by atoms with Crippen LogP contribution in [0, 0.1) is 19.7 Å². The quantitative estimate of drug-likeness (QED) is 0.500. The Morgan fingerprint density at radius 3 is 2.72 bits per heavy atom. The lowest BCUT2D eigenvalue weighted by atomic mass is 10.2. The second kappa shape index (κ2) is 7.71. The van der Waals surface area contributed by atoms with E-state index in [-0.39, 0.29) is 18.0 Å². The molecule has 4 aromatic rings. The number of benzene rings is 2. The SMILES string of the molecule is COc1ccc(Cn2nc3c(Sc4ccc(C)cc4C)nccn3c2=O)cc1F. The number of aryl methyl sites for hydroxylation is 2. The monoisotopic (exact) mass is 410 g/mol. The van der Waals surface area contributed by atoms with E-state index in [0.717, 1.165) is 10.5 Å². The molecule has 0 amide bonds. The highest BCUT2D eigenvalue weighted by atomic mass is 32.2. The fourth-order valence-corrected chi connectivity index (χ4v) is 4.01. The summed E-state index contributed by atoms with van der Waals surface area (Å²) in [5.41, 5.74) is 3.10. The molecule has 29 heavy (non-hydrogen) atoms. The lowest BCUT2D eigenvalue weighted by Crippen LogP contribution is -2.21. The molecule has 0 N–H and O–H groups in total. The van der Waals surface area contributed by atoms with Gasteiger partial charge in [0.2, 0.25) is 0 Å². The van der Waals surface area contributed by atoms with E-state index in [1.807, 2.05) is 26.0 Å². The number of methoxy groups -OCH3 is 1. The number of aromatic nitrogens is 4. The van der Waals surface area contributed by atoms with Crippen LogP contribution in [0.5, 0.6) is 5.75 Å². The molecule has 6 nitrogen and oxygen atoms in total. The summed E-state index contributed by atoms with van der Waals surface area (Å²) in [6, 6.07) is 10.8. The molecule has 0 aliphatic carbocycles. The van der Waals surface area contributed by atoms with Crippen molar-refractivity contribution in [2.24, 2.45) is 0 Å². The van der Waals surface area contributed by atoms with Crippen LogP contribution >= 0.6 is 11.8 Å². The van der Waals surface area contributed by atoms with Crippen LogP contribution in [0.4, 0.5) is 4.39 Å². The van der Waals surface area contributed by atoms with Gasteiger partial charge in [-0.25, -0.2) is 23.3 Å². The zero-order valence-corrected chi connectivity index (χ0v) is 17.0. The second-order valence-electron chi connectivity index (χ2n) is 6.71. The second-order valence-corrected chi connectivity index (χ2v) is 7.74. The van der Waals surface area contributed by atoms with Crippen molar-refractivity contribution in [2.45, 2.75) is 30.3 Å². The van der Waals surface area contributed by atoms with Gasteiger partial charge in [-0.1, -0.05) is 35.5 Å². The molecule has 0 aliphatic rings. The van der Waals surface area contributed by atoms with Gasteiger partial charge >= 0.3 is 5.69 Å². The minimum absolute atomic E-state index is 0.148. The molecule has 0 saturated heterocycles. The average Bonchev–Trinajstić information content (AvgIpc) is 3.01. The van der Waals surface area contributed by atoms with Crippen molar-refractivity contribution in [3.05, 3.63) is 81.8 Å². The summed E-state index contributed by atoms with van der Waals surface area (Å²) >= 11 is 1.46. The maximum Gasteiger partial charge on any atom is 0.350 e. The van der Waals surface area contributed by atoms with Crippen molar-refractivity contribution in [2.75, 3.05) is 7.11 Å². The van der Waals surface area contributed by atoms with Gasteiger partial charge in [0, 0.05) is 17.3 Å².